The van der Waals surface area contributed by atoms with E-state index in [1.54, 1.807) is 31.2 Å². The molecule has 0 aliphatic heterocycles. The molecule has 0 saturated carbocycles. The van der Waals surface area contributed by atoms with Gasteiger partial charge in [-0.1, -0.05) is 30.8 Å². The molecular formula is C26H25F3N6O2S. The van der Waals surface area contributed by atoms with Crippen molar-refractivity contribution in [1.82, 2.24) is 18.8 Å². The third-order valence-corrected chi connectivity index (χ3v) is 7.20. The summed E-state index contributed by atoms with van der Waals surface area (Å²) in [6.45, 7) is 3.95. The van der Waals surface area contributed by atoms with E-state index in [1.807, 2.05) is 23.7 Å². The number of hydrogen-bond acceptors (Lipinski definition) is 5. The first-order valence-corrected chi connectivity index (χ1v) is 12.4. The van der Waals surface area contributed by atoms with E-state index in [1.165, 1.54) is 18.5 Å². The Balaban J connectivity index is 1.78. The predicted octanol–water partition coefficient (Wildman–Crippen LogP) is 4.92. The molecule has 38 heavy (non-hydrogen) atoms. The summed E-state index contributed by atoms with van der Waals surface area (Å²) in [4.78, 5) is 20.7. The highest BCUT2D eigenvalue weighted by Crippen LogP contribution is 2.42. The van der Waals surface area contributed by atoms with Crippen molar-refractivity contribution in [2.45, 2.75) is 18.0 Å². The maximum absolute atomic E-state index is 12.8. The van der Waals surface area contributed by atoms with Crippen molar-refractivity contribution in [3.05, 3.63) is 67.0 Å². The first-order chi connectivity index (χ1) is 17.9. The Bertz CT molecular complexity index is 1550. The predicted molar refractivity (Wildman–Crippen MR) is 142 cm³/mol. The molecule has 0 fully saturated rings. The summed E-state index contributed by atoms with van der Waals surface area (Å²) in [6, 6.07) is 13.6. The van der Waals surface area contributed by atoms with Gasteiger partial charge in [-0.2, -0.15) is 13.2 Å². The number of fused-ring (bicyclic) bond motifs is 1. The molecule has 1 unspecified atom stereocenters. The largest absolute Gasteiger partial charge is 0.402 e. The van der Waals surface area contributed by atoms with Gasteiger partial charge in [0, 0.05) is 30.9 Å². The number of alkyl halides is 3. The normalized spacial score (nSPS) is 12.6. The number of nitrogens with one attached hydrogen (secondary N) is 1. The topological polar surface area (TPSA) is 106 Å². The molecule has 3 N–H and O–H groups in total. The highest BCUT2D eigenvalue weighted by molar-refractivity contribution is 7.82. The third kappa shape index (κ3) is 5.46. The van der Waals surface area contributed by atoms with Gasteiger partial charge in [0.2, 0.25) is 0 Å². The van der Waals surface area contributed by atoms with Gasteiger partial charge in [-0.05, 0) is 42.3 Å². The molecule has 2 heterocycles. The van der Waals surface area contributed by atoms with Crippen molar-refractivity contribution in [3.63, 3.8) is 0 Å². The summed E-state index contributed by atoms with van der Waals surface area (Å²) in [5.74, 6) is -0.0285. The van der Waals surface area contributed by atoms with E-state index in [9.17, 15) is 22.2 Å². The van der Waals surface area contributed by atoms with Crippen LogP contribution in [-0.2, 0) is 22.8 Å². The van der Waals surface area contributed by atoms with Crippen LogP contribution in [0.25, 0.3) is 33.4 Å². The smallest absolute Gasteiger partial charge is 0.383 e. The van der Waals surface area contributed by atoms with Gasteiger partial charge in [0.1, 0.15) is 35.3 Å². The number of aryl methyl sites for hydroxylation is 1. The fraction of sp³-hybridized carbons (Fsp3) is 0.192. The van der Waals surface area contributed by atoms with E-state index in [-0.39, 0.29) is 16.6 Å². The van der Waals surface area contributed by atoms with E-state index in [0.717, 1.165) is 22.6 Å². The van der Waals surface area contributed by atoms with Crippen LogP contribution in [0, 0.1) is 0 Å². The molecular weight excluding hydrogens is 517 g/mol. The van der Waals surface area contributed by atoms with E-state index < -0.39 is 23.7 Å². The fourth-order valence-corrected chi connectivity index (χ4v) is 5.07. The minimum absolute atomic E-state index is 0.226. The van der Waals surface area contributed by atoms with Crippen LogP contribution in [0.2, 0.25) is 0 Å². The maximum Gasteiger partial charge on any atom is 0.402 e. The minimum Gasteiger partial charge on any atom is -0.383 e. The van der Waals surface area contributed by atoms with Gasteiger partial charge in [-0.25, -0.2) is 18.5 Å². The van der Waals surface area contributed by atoms with Crippen LogP contribution in [0.1, 0.15) is 6.92 Å². The van der Waals surface area contributed by atoms with Gasteiger partial charge in [-0.3, -0.25) is 4.79 Å². The maximum atomic E-state index is 12.8. The molecule has 198 valence electrons. The quantitative estimate of drug-likeness (QED) is 0.323. The van der Waals surface area contributed by atoms with Gasteiger partial charge in [0.15, 0.2) is 0 Å². The van der Waals surface area contributed by atoms with Gasteiger partial charge in [-0.15, -0.1) is 0 Å². The van der Waals surface area contributed by atoms with Crippen molar-refractivity contribution < 1.29 is 22.2 Å². The zero-order valence-electron chi connectivity index (χ0n) is 20.8. The van der Waals surface area contributed by atoms with Crippen LogP contribution in [-0.4, -0.2) is 48.7 Å². The summed E-state index contributed by atoms with van der Waals surface area (Å²) >= 11 is 0. The molecule has 4 aromatic rings. The number of carbonyl (C=O) groups excluding carboxylic acids is 1. The Morgan fingerprint density at radius 1 is 1.11 bits per heavy atom. The summed E-state index contributed by atoms with van der Waals surface area (Å²) in [5.41, 5.74) is 10.8. The number of halogens is 3. The standard InChI is InChI=1S/C26H25F3N6O2S/c1-15(2)25(36)33-18-9-5-17(6-10-18)22-20(21-23(30)31-14-32-24(21)35(22)4)16-7-11-19(12-8-16)38(37)34(3)13-26(27,28)29/h5-12,14H,1,13H2,2-4H3,(H,33,36)(H2,30,31,32). The molecule has 1 amide bonds. The zero-order valence-corrected chi connectivity index (χ0v) is 21.7. The second kappa shape index (κ2) is 10.4. The van der Waals surface area contributed by atoms with Crippen molar-refractivity contribution in [2.24, 2.45) is 7.05 Å². The van der Waals surface area contributed by atoms with Gasteiger partial charge >= 0.3 is 6.18 Å². The van der Waals surface area contributed by atoms with E-state index in [2.05, 4.69) is 21.9 Å². The number of benzene rings is 2. The van der Waals surface area contributed by atoms with Crippen molar-refractivity contribution in [3.8, 4) is 22.4 Å². The second-order valence-electron chi connectivity index (χ2n) is 8.73. The summed E-state index contributed by atoms with van der Waals surface area (Å²) in [7, 11) is 0.987. The lowest BCUT2D eigenvalue weighted by Crippen LogP contribution is -2.32. The molecule has 0 bridgehead atoms. The molecule has 0 aliphatic carbocycles. The Morgan fingerprint density at radius 3 is 2.29 bits per heavy atom. The average molecular weight is 543 g/mol. The fourth-order valence-electron chi connectivity index (χ4n) is 4.07. The third-order valence-electron chi connectivity index (χ3n) is 5.83. The van der Waals surface area contributed by atoms with Crippen molar-refractivity contribution in [1.29, 1.82) is 0 Å². The SMILES string of the molecule is C=C(C)C(=O)Nc1ccc(-c2c(-c3ccc(S(=O)N(C)CC(F)(F)F)cc3)c3c(N)ncnc3n2C)cc1. The molecule has 8 nitrogen and oxygen atoms in total. The number of aromatic nitrogens is 3. The number of amides is 1. The molecule has 2 aromatic carbocycles. The molecule has 4 rings (SSSR count). The van der Waals surface area contributed by atoms with Crippen LogP contribution in [0.5, 0.6) is 0 Å². The Morgan fingerprint density at radius 2 is 1.71 bits per heavy atom. The number of nitrogens with zero attached hydrogens (tertiary/aromatic N) is 4. The highest BCUT2D eigenvalue weighted by Gasteiger charge is 2.31. The molecule has 0 spiro atoms. The number of anilines is 2. The number of carbonyl (C=O) groups is 1. The number of rotatable bonds is 7. The van der Waals surface area contributed by atoms with E-state index >= 15 is 0 Å². The lowest BCUT2D eigenvalue weighted by molar-refractivity contribution is -0.133. The summed E-state index contributed by atoms with van der Waals surface area (Å²) < 4.78 is 53.5. The van der Waals surface area contributed by atoms with Gasteiger partial charge in [0.25, 0.3) is 5.91 Å². The summed E-state index contributed by atoms with van der Waals surface area (Å²) in [5, 5.41) is 3.37. The molecule has 1 atom stereocenters. The number of hydrogen-bond donors (Lipinski definition) is 2. The van der Waals surface area contributed by atoms with Crippen molar-refractivity contribution in [2.75, 3.05) is 24.6 Å². The van der Waals surface area contributed by atoms with Gasteiger partial charge in [0.05, 0.1) is 16.0 Å². The van der Waals surface area contributed by atoms with Crippen molar-refractivity contribution >= 4 is 39.4 Å². The van der Waals surface area contributed by atoms with E-state index in [4.69, 9.17) is 5.73 Å². The summed E-state index contributed by atoms with van der Waals surface area (Å²) in [6.07, 6.45) is -3.10. The molecule has 2 aromatic heterocycles. The first-order valence-electron chi connectivity index (χ1n) is 11.3. The van der Waals surface area contributed by atoms with Crippen LogP contribution in [0.4, 0.5) is 24.7 Å². The average Bonchev–Trinajstić information content (AvgIpc) is 3.16. The van der Waals surface area contributed by atoms with Crippen LogP contribution in [0.15, 0.2) is 71.9 Å². The molecule has 12 heteroatoms. The van der Waals surface area contributed by atoms with Crippen LogP contribution >= 0.6 is 0 Å². The van der Waals surface area contributed by atoms with E-state index in [0.29, 0.717) is 33.4 Å². The first kappa shape index (κ1) is 27.0. The Labute approximate surface area is 219 Å². The lowest BCUT2D eigenvalue weighted by atomic mass is 9.98. The lowest BCUT2D eigenvalue weighted by Gasteiger charge is -2.17. The van der Waals surface area contributed by atoms with Gasteiger partial charge < -0.3 is 15.6 Å². The minimum atomic E-state index is -4.47. The molecule has 0 saturated heterocycles. The number of nitrogens with two attached hydrogens (primary N) is 1. The Kier molecular flexibility index (Phi) is 7.38. The monoisotopic (exact) mass is 542 g/mol. The molecule has 0 aliphatic rings. The zero-order chi connectivity index (χ0) is 27.8. The van der Waals surface area contributed by atoms with Crippen LogP contribution < -0.4 is 11.1 Å². The van der Waals surface area contributed by atoms with Crippen LogP contribution in [0.3, 0.4) is 0 Å². The number of nitrogen functional groups attached to an aromatic ring is 1. The highest BCUT2D eigenvalue weighted by atomic mass is 32.2. The second-order valence-corrected chi connectivity index (χ2v) is 10.3. The molecule has 0 radical (unpaired) electrons. The Hall–Kier alpha value is -4.03.